The molecule has 5 nitrogen and oxygen atoms in total. The van der Waals surface area contributed by atoms with Crippen LogP contribution < -0.4 is 9.47 Å². The molecule has 0 unspecified atom stereocenters. The van der Waals surface area contributed by atoms with Crippen LogP contribution in [0.2, 0.25) is 5.02 Å². The van der Waals surface area contributed by atoms with E-state index >= 15 is 0 Å². The summed E-state index contributed by atoms with van der Waals surface area (Å²) in [5.41, 5.74) is 0.626. The van der Waals surface area contributed by atoms with Crippen molar-refractivity contribution in [1.82, 2.24) is 4.90 Å². The molecule has 1 heterocycles. The summed E-state index contributed by atoms with van der Waals surface area (Å²) < 4.78 is 49.8. The Morgan fingerprint density at radius 1 is 1.40 bits per heavy atom. The van der Waals surface area contributed by atoms with Crippen LogP contribution in [0, 0.1) is 11.8 Å². The molecule has 1 aliphatic rings. The molecule has 0 spiro atoms. The summed E-state index contributed by atoms with van der Waals surface area (Å²) in [6, 6.07) is 3.23. The number of aliphatic carboxylic acids is 1. The van der Waals surface area contributed by atoms with Crippen LogP contribution in [0.5, 0.6) is 11.5 Å². The zero-order chi connectivity index (χ0) is 18.8. The Labute approximate surface area is 148 Å². The number of methoxy groups -OCH3 is 1. The van der Waals surface area contributed by atoms with Crippen LogP contribution in [-0.2, 0) is 11.3 Å². The van der Waals surface area contributed by atoms with Gasteiger partial charge < -0.3 is 14.6 Å². The first-order chi connectivity index (χ1) is 11.7. The number of carbonyl (C=O) groups is 1. The first kappa shape index (κ1) is 19.7. The monoisotopic (exact) mass is 381 g/mol. The molecule has 1 saturated heterocycles. The topological polar surface area (TPSA) is 59.0 Å². The van der Waals surface area contributed by atoms with E-state index in [1.807, 2.05) is 0 Å². The third kappa shape index (κ3) is 4.49. The molecule has 0 saturated carbocycles. The van der Waals surface area contributed by atoms with Gasteiger partial charge in [0.2, 0.25) is 0 Å². The summed E-state index contributed by atoms with van der Waals surface area (Å²) in [6.07, 6.45) is -4.55. The van der Waals surface area contributed by atoms with Gasteiger partial charge in [0.15, 0.2) is 11.5 Å². The van der Waals surface area contributed by atoms with Gasteiger partial charge in [0, 0.05) is 19.6 Å². The van der Waals surface area contributed by atoms with Crippen molar-refractivity contribution in [1.29, 1.82) is 0 Å². The third-order valence-corrected chi connectivity index (χ3v) is 4.39. The van der Waals surface area contributed by atoms with Crippen molar-refractivity contribution in [3.05, 3.63) is 22.7 Å². The minimum Gasteiger partial charge on any atom is -0.491 e. The second-order valence-electron chi connectivity index (χ2n) is 5.83. The molecule has 1 fully saturated rings. The fourth-order valence-electron chi connectivity index (χ4n) is 3.03. The lowest BCUT2D eigenvalue weighted by Gasteiger charge is -2.19. The van der Waals surface area contributed by atoms with E-state index in [-0.39, 0.29) is 24.7 Å². The number of nitrogens with zero attached hydrogens (tertiary/aromatic N) is 1. The van der Waals surface area contributed by atoms with Crippen LogP contribution in [0.1, 0.15) is 12.5 Å². The van der Waals surface area contributed by atoms with Crippen molar-refractivity contribution >= 4 is 17.6 Å². The van der Waals surface area contributed by atoms with Crippen molar-refractivity contribution in [3.8, 4) is 11.5 Å². The van der Waals surface area contributed by atoms with E-state index in [1.165, 1.54) is 12.0 Å². The largest absolute Gasteiger partial charge is 0.491 e. The Kier molecular flexibility index (Phi) is 6.05. The molecular formula is C16H19ClF3NO4. The molecule has 1 N–H and O–H groups in total. The van der Waals surface area contributed by atoms with Crippen LogP contribution in [0.4, 0.5) is 13.2 Å². The van der Waals surface area contributed by atoms with Crippen molar-refractivity contribution in [3.63, 3.8) is 0 Å². The first-order valence-electron chi connectivity index (χ1n) is 7.68. The number of hydrogen-bond donors (Lipinski definition) is 1. The number of rotatable bonds is 6. The molecule has 2 atom stereocenters. The maximum absolute atomic E-state index is 13.1. The van der Waals surface area contributed by atoms with Crippen molar-refractivity contribution in [2.75, 3.05) is 26.8 Å². The maximum atomic E-state index is 13.1. The maximum Gasteiger partial charge on any atom is 0.393 e. The van der Waals surface area contributed by atoms with Gasteiger partial charge in [-0.25, -0.2) is 0 Å². The highest BCUT2D eigenvalue weighted by atomic mass is 35.5. The Morgan fingerprint density at radius 3 is 2.56 bits per heavy atom. The quantitative estimate of drug-likeness (QED) is 0.818. The summed E-state index contributed by atoms with van der Waals surface area (Å²) >= 11 is 6.14. The van der Waals surface area contributed by atoms with Gasteiger partial charge in [0.1, 0.15) is 0 Å². The highest BCUT2D eigenvalue weighted by Gasteiger charge is 2.52. The van der Waals surface area contributed by atoms with E-state index in [2.05, 4.69) is 0 Å². The normalized spacial score (nSPS) is 21.4. The first-order valence-corrected chi connectivity index (χ1v) is 8.06. The second kappa shape index (κ2) is 7.70. The minimum atomic E-state index is -4.55. The van der Waals surface area contributed by atoms with E-state index in [1.54, 1.807) is 19.1 Å². The number of carboxylic acids is 1. The van der Waals surface area contributed by atoms with Gasteiger partial charge in [-0.3, -0.25) is 9.69 Å². The van der Waals surface area contributed by atoms with Crippen molar-refractivity contribution < 1.29 is 32.5 Å². The molecule has 25 heavy (non-hydrogen) atoms. The molecule has 0 aromatic heterocycles. The number of alkyl halides is 3. The standard InChI is InChI=1S/C16H19ClF3NO4/c1-3-25-13-5-9(4-12(17)14(13)24-2)6-21-7-10(15(22)23)11(8-21)16(18,19)20/h4-5,10-11H,3,6-8H2,1-2H3,(H,22,23)/t10-,11-/m1/s1. The number of hydrogen-bond acceptors (Lipinski definition) is 4. The highest BCUT2D eigenvalue weighted by molar-refractivity contribution is 6.32. The van der Waals surface area contributed by atoms with Gasteiger partial charge >= 0.3 is 12.1 Å². The van der Waals surface area contributed by atoms with E-state index in [0.717, 1.165) is 0 Å². The Morgan fingerprint density at radius 2 is 2.08 bits per heavy atom. The molecule has 2 rings (SSSR count). The average Bonchev–Trinajstić information content (AvgIpc) is 2.92. The van der Waals surface area contributed by atoms with E-state index in [9.17, 15) is 18.0 Å². The molecule has 0 aliphatic carbocycles. The van der Waals surface area contributed by atoms with Gasteiger partial charge in [-0.15, -0.1) is 0 Å². The zero-order valence-corrected chi connectivity index (χ0v) is 14.5. The molecule has 1 aromatic carbocycles. The molecule has 140 valence electrons. The number of halogens is 4. The fourth-order valence-corrected chi connectivity index (χ4v) is 3.34. The van der Waals surface area contributed by atoms with Gasteiger partial charge in [-0.2, -0.15) is 13.2 Å². The van der Waals surface area contributed by atoms with Crippen molar-refractivity contribution in [2.24, 2.45) is 11.8 Å². The number of carboxylic acid groups (broad SMARTS) is 1. The molecule has 0 amide bonds. The van der Waals surface area contributed by atoms with Crippen LogP contribution >= 0.6 is 11.6 Å². The molecule has 0 radical (unpaired) electrons. The lowest BCUT2D eigenvalue weighted by Crippen LogP contribution is -2.33. The minimum absolute atomic E-state index is 0.139. The van der Waals surface area contributed by atoms with Crippen LogP contribution in [0.3, 0.4) is 0 Å². The lowest BCUT2D eigenvalue weighted by atomic mass is 9.96. The summed E-state index contributed by atoms with van der Waals surface area (Å²) in [5.74, 6) is -4.04. The number of benzene rings is 1. The number of ether oxygens (including phenoxy) is 2. The van der Waals surface area contributed by atoms with E-state index < -0.39 is 24.0 Å². The molecule has 1 aromatic rings. The smallest absolute Gasteiger partial charge is 0.393 e. The Balaban J connectivity index is 2.21. The van der Waals surface area contributed by atoms with Gasteiger partial charge in [-0.05, 0) is 24.6 Å². The van der Waals surface area contributed by atoms with Gasteiger partial charge in [0.25, 0.3) is 0 Å². The summed E-state index contributed by atoms with van der Waals surface area (Å²) in [5, 5.41) is 9.36. The zero-order valence-electron chi connectivity index (χ0n) is 13.8. The summed E-state index contributed by atoms with van der Waals surface area (Å²) in [4.78, 5) is 12.6. The predicted octanol–water partition coefficient (Wildman–Crippen LogP) is 3.44. The van der Waals surface area contributed by atoms with Crippen LogP contribution in [0.25, 0.3) is 0 Å². The van der Waals surface area contributed by atoms with Gasteiger partial charge in [-0.1, -0.05) is 11.6 Å². The average molecular weight is 382 g/mol. The fraction of sp³-hybridized carbons (Fsp3) is 0.562. The second-order valence-corrected chi connectivity index (χ2v) is 6.24. The van der Waals surface area contributed by atoms with E-state index in [0.29, 0.717) is 23.7 Å². The van der Waals surface area contributed by atoms with Crippen LogP contribution in [-0.4, -0.2) is 49.0 Å². The Hall–Kier alpha value is -1.67. The lowest BCUT2D eigenvalue weighted by molar-refractivity contribution is -0.188. The molecule has 0 bridgehead atoms. The third-order valence-electron chi connectivity index (χ3n) is 4.11. The SMILES string of the molecule is CCOc1cc(CN2C[C@@H](C(F)(F)F)[C@H](C(=O)O)C2)cc(Cl)c1OC. The van der Waals surface area contributed by atoms with Crippen LogP contribution in [0.15, 0.2) is 12.1 Å². The molecule has 9 heteroatoms. The summed E-state index contributed by atoms with van der Waals surface area (Å²) in [7, 11) is 1.44. The van der Waals surface area contributed by atoms with E-state index in [4.69, 9.17) is 26.2 Å². The number of likely N-dealkylation sites (tertiary alicyclic amines) is 1. The molecular weight excluding hydrogens is 363 g/mol. The summed E-state index contributed by atoms with van der Waals surface area (Å²) in [6.45, 7) is 1.75. The highest BCUT2D eigenvalue weighted by Crippen LogP contribution is 2.40. The Bertz CT molecular complexity index is 639. The van der Waals surface area contributed by atoms with Crippen molar-refractivity contribution in [2.45, 2.75) is 19.6 Å². The van der Waals surface area contributed by atoms with Gasteiger partial charge in [0.05, 0.1) is 30.6 Å². The molecule has 1 aliphatic heterocycles. The predicted molar refractivity (Wildman–Crippen MR) is 85.1 cm³/mol.